The summed E-state index contributed by atoms with van der Waals surface area (Å²) in [5.74, 6) is -2.88. The average Bonchev–Trinajstić information content (AvgIpc) is 2.78. The van der Waals surface area contributed by atoms with E-state index < -0.39 is 23.1 Å². The van der Waals surface area contributed by atoms with Crippen LogP contribution < -0.4 is 32.3 Å². The number of hydrogen-bond acceptors (Lipinski definition) is 8. The van der Waals surface area contributed by atoms with Crippen molar-refractivity contribution in [2.45, 2.75) is 116 Å². The third-order valence-corrected chi connectivity index (χ3v) is 6.12. The van der Waals surface area contributed by atoms with Gasteiger partial charge in [-0.1, -0.05) is 0 Å². The minimum Gasteiger partial charge on any atom is -0.543 e. The third-order valence-electron chi connectivity index (χ3n) is 6.12. The summed E-state index contributed by atoms with van der Waals surface area (Å²) in [5, 5.41) is 23.7. The van der Waals surface area contributed by atoms with Crippen molar-refractivity contribution in [3.8, 4) is 0 Å². The maximum atomic E-state index is 11.5. The lowest BCUT2D eigenvalue weighted by Gasteiger charge is -2.28. The van der Waals surface area contributed by atoms with Gasteiger partial charge in [-0.15, -0.1) is 0 Å². The molecule has 2 saturated carbocycles. The van der Waals surface area contributed by atoms with Gasteiger partial charge < -0.3 is 51.4 Å². The van der Waals surface area contributed by atoms with Gasteiger partial charge in [0, 0.05) is 23.9 Å². The molecule has 12 heteroatoms. The van der Waals surface area contributed by atoms with Crippen molar-refractivity contribution in [2.24, 2.45) is 11.8 Å². The second kappa shape index (κ2) is 17.1. The monoisotopic (exact) mass is 546 g/mol. The van der Waals surface area contributed by atoms with E-state index in [4.69, 9.17) is 29.3 Å². The zero-order valence-electron chi connectivity index (χ0n) is 24.1. The Kier molecular flexibility index (Phi) is 15.9. The summed E-state index contributed by atoms with van der Waals surface area (Å²) in [4.78, 5) is 40.9. The number of aliphatic carboxylic acids is 2. The Morgan fingerprint density at radius 1 is 0.632 bits per heavy atom. The van der Waals surface area contributed by atoms with Gasteiger partial charge in [0.2, 0.25) is 0 Å². The normalized spacial score (nSPS) is 23.3. The number of carbonyl (C=O) groups excluding carboxylic acids is 4. The van der Waals surface area contributed by atoms with Crippen LogP contribution >= 0.6 is 0 Å². The molecule has 38 heavy (non-hydrogen) atoms. The molecule has 2 aliphatic carbocycles. The highest BCUT2D eigenvalue weighted by Crippen LogP contribution is 2.24. The van der Waals surface area contributed by atoms with E-state index in [0.29, 0.717) is 0 Å². The minimum absolute atomic E-state index is 0.287. The van der Waals surface area contributed by atoms with Crippen molar-refractivity contribution in [2.75, 3.05) is 13.1 Å². The molecule has 222 valence electrons. The number of carboxylic acid groups (broad SMARTS) is 2. The predicted octanol–water partition coefficient (Wildman–Crippen LogP) is -0.890. The second-order valence-electron chi connectivity index (χ2n) is 11.9. The maximum Gasteiger partial charge on any atom is 0.407 e. The number of quaternary nitrogens is 2. The van der Waals surface area contributed by atoms with Gasteiger partial charge in [0.1, 0.15) is 11.2 Å². The topological polar surface area (TPSA) is 212 Å². The van der Waals surface area contributed by atoms with E-state index in [1.165, 1.54) is 25.7 Å². The summed E-state index contributed by atoms with van der Waals surface area (Å²) in [7, 11) is 0. The molecule has 0 aromatic carbocycles. The predicted molar refractivity (Wildman–Crippen MR) is 136 cm³/mol. The number of rotatable bonds is 4. The first kappa shape index (κ1) is 35.4. The molecule has 2 fully saturated rings. The molecule has 2 rings (SSSR count). The van der Waals surface area contributed by atoms with E-state index in [0.717, 1.165) is 50.6 Å². The lowest BCUT2D eigenvalue weighted by Crippen LogP contribution is -2.54. The van der Waals surface area contributed by atoms with E-state index in [1.54, 1.807) is 0 Å². The van der Waals surface area contributed by atoms with E-state index >= 15 is 0 Å². The van der Waals surface area contributed by atoms with E-state index in [2.05, 4.69) is 22.1 Å². The third kappa shape index (κ3) is 18.6. The fourth-order valence-electron chi connectivity index (χ4n) is 4.14. The van der Waals surface area contributed by atoms with Crippen LogP contribution in [0.1, 0.15) is 92.9 Å². The molecule has 12 nitrogen and oxygen atoms in total. The van der Waals surface area contributed by atoms with Crippen LogP contribution in [-0.2, 0) is 19.1 Å². The van der Waals surface area contributed by atoms with Crippen molar-refractivity contribution >= 4 is 24.1 Å². The number of carbonyl (C=O) groups is 4. The Balaban J connectivity index is 0.000000596. The second-order valence-corrected chi connectivity index (χ2v) is 11.9. The molecule has 0 saturated heterocycles. The molecule has 0 aromatic rings. The van der Waals surface area contributed by atoms with Crippen molar-refractivity contribution in [3.63, 3.8) is 0 Å². The standard InChI is InChI=1S/2C12H24N2O2.C2H2O4/c2*1-12(2,3)16-11(15)14-10-6-4-9(8-13)5-7-10;3-1(4)2(5)6/h2*9-10H,4-8,13H2,1-3H3,(H,14,15);(H,3,4)(H,5,6). The van der Waals surface area contributed by atoms with Crippen LogP contribution in [0.15, 0.2) is 0 Å². The van der Waals surface area contributed by atoms with Gasteiger partial charge in [-0.25, -0.2) is 9.59 Å². The molecule has 0 atom stereocenters. The number of hydrogen-bond donors (Lipinski definition) is 4. The van der Waals surface area contributed by atoms with E-state index in [1.807, 2.05) is 41.5 Å². The number of ether oxygens (including phenoxy) is 2. The highest BCUT2D eigenvalue weighted by molar-refractivity contribution is 6.25. The lowest BCUT2D eigenvalue weighted by atomic mass is 9.86. The first-order valence-corrected chi connectivity index (χ1v) is 13.5. The van der Waals surface area contributed by atoms with Crippen molar-refractivity contribution in [1.29, 1.82) is 0 Å². The molecule has 2 amide bonds. The molecule has 8 N–H and O–H groups in total. The van der Waals surface area contributed by atoms with Crippen LogP contribution in [0.4, 0.5) is 9.59 Å². The molecule has 2 aliphatic rings. The van der Waals surface area contributed by atoms with Gasteiger partial charge >= 0.3 is 12.2 Å². The Morgan fingerprint density at radius 2 is 0.895 bits per heavy atom. The Morgan fingerprint density at radius 3 is 1.08 bits per heavy atom. The van der Waals surface area contributed by atoms with Crippen LogP contribution in [0.3, 0.4) is 0 Å². The summed E-state index contributed by atoms with van der Waals surface area (Å²) < 4.78 is 10.5. The quantitative estimate of drug-likeness (QED) is 0.324. The smallest absolute Gasteiger partial charge is 0.407 e. The van der Waals surface area contributed by atoms with Gasteiger partial charge in [0.15, 0.2) is 0 Å². The summed E-state index contributed by atoms with van der Waals surface area (Å²) in [6.45, 7) is 13.3. The van der Waals surface area contributed by atoms with Crippen LogP contribution in [0, 0.1) is 11.8 Å². The van der Waals surface area contributed by atoms with Crippen LogP contribution in [0.2, 0.25) is 0 Å². The van der Waals surface area contributed by atoms with Crippen LogP contribution in [0.25, 0.3) is 0 Å². The van der Waals surface area contributed by atoms with Gasteiger partial charge in [0.05, 0.1) is 25.0 Å². The number of amides is 2. The van der Waals surface area contributed by atoms with Crippen LogP contribution in [-0.4, -0.2) is 60.5 Å². The molecule has 0 bridgehead atoms. The largest absolute Gasteiger partial charge is 0.543 e. The summed E-state index contributed by atoms with van der Waals surface area (Å²) in [5.41, 5.74) is 7.05. The maximum absolute atomic E-state index is 11.5. The first-order valence-electron chi connectivity index (χ1n) is 13.5. The van der Waals surface area contributed by atoms with Gasteiger partial charge in [0.25, 0.3) is 0 Å². The highest BCUT2D eigenvalue weighted by Gasteiger charge is 2.25. The van der Waals surface area contributed by atoms with E-state index in [9.17, 15) is 9.59 Å². The molecule has 0 heterocycles. The fourth-order valence-corrected chi connectivity index (χ4v) is 4.14. The molecular formula is C26H50N4O8. The van der Waals surface area contributed by atoms with Crippen molar-refractivity contribution < 1.29 is 50.3 Å². The molecular weight excluding hydrogens is 496 g/mol. The molecule has 0 radical (unpaired) electrons. The van der Waals surface area contributed by atoms with Gasteiger partial charge in [-0.2, -0.15) is 0 Å². The zero-order chi connectivity index (χ0) is 29.5. The number of carboxylic acids is 2. The summed E-state index contributed by atoms with van der Waals surface area (Å²) >= 11 is 0. The Bertz CT molecular complexity index is 671. The fraction of sp³-hybridized carbons (Fsp3) is 0.846. The van der Waals surface area contributed by atoms with E-state index in [-0.39, 0.29) is 24.3 Å². The van der Waals surface area contributed by atoms with Crippen molar-refractivity contribution in [3.05, 3.63) is 0 Å². The summed E-state index contributed by atoms with van der Waals surface area (Å²) in [6.07, 6.45) is 8.33. The average molecular weight is 547 g/mol. The van der Waals surface area contributed by atoms with Crippen molar-refractivity contribution in [1.82, 2.24) is 10.6 Å². The SMILES string of the molecule is CC(C)(C)OC(=O)NC1CCC(C[NH3+])CC1.CC(C)(C)OC(=O)NC1CCC(C[NH3+])CC1.O=C([O-])C(=O)[O-]. The van der Waals surface area contributed by atoms with Gasteiger partial charge in [-0.3, -0.25) is 0 Å². The molecule has 0 aromatic heterocycles. The first-order chi connectivity index (χ1) is 17.5. The molecule has 0 unspecified atom stereocenters. The highest BCUT2D eigenvalue weighted by atomic mass is 16.6. The minimum atomic E-state index is -2.19. The summed E-state index contributed by atoms with van der Waals surface area (Å²) in [6, 6.07) is 0.579. The zero-order valence-corrected chi connectivity index (χ0v) is 24.1. The molecule has 0 spiro atoms. The Labute approximate surface area is 226 Å². The lowest BCUT2D eigenvalue weighted by molar-refractivity contribution is -0.380. The number of alkyl carbamates (subject to hydrolysis) is 2. The number of nitrogens with one attached hydrogen (secondary N) is 2. The molecule has 0 aliphatic heterocycles. The Hall–Kier alpha value is -2.60. The van der Waals surface area contributed by atoms with Crippen LogP contribution in [0.5, 0.6) is 0 Å². The van der Waals surface area contributed by atoms with Gasteiger partial charge in [-0.05, 0) is 92.9 Å².